The Kier molecular flexibility index (Phi) is 20.7. The summed E-state index contributed by atoms with van der Waals surface area (Å²) >= 11 is 0. The van der Waals surface area contributed by atoms with E-state index < -0.39 is 67.4 Å². The highest BCUT2D eigenvalue weighted by Gasteiger charge is 2.45. The molecule has 13 nitrogen and oxygen atoms in total. The van der Waals surface area contributed by atoms with Crippen LogP contribution < -0.4 is 22.9 Å². The number of aliphatic hydroxyl groups is 4. The Bertz CT molecular complexity index is 711. The third-order valence-electron chi connectivity index (χ3n) is 8.68. The summed E-state index contributed by atoms with van der Waals surface area (Å²) < 4.78 is 29.2. The van der Waals surface area contributed by atoms with E-state index in [1.54, 1.807) is 0 Å². The molecule has 12 N–H and O–H groups in total. The van der Waals surface area contributed by atoms with Gasteiger partial charge in [0.15, 0.2) is 12.6 Å². The monoisotopic (exact) mass is 636 g/mol. The van der Waals surface area contributed by atoms with Crippen LogP contribution in [0, 0.1) is 0 Å². The normalized spacial score (nSPS) is 33.5. The summed E-state index contributed by atoms with van der Waals surface area (Å²) in [6.07, 6.45) is 8.23. The van der Waals surface area contributed by atoms with Crippen molar-refractivity contribution < 1.29 is 44.1 Å². The van der Waals surface area contributed by atoms with Crippen molar-refractivity contribution in [1.82, 2.24) is 0 Å². The third-order valence-corrected chi connectivity index (χ3v) is 8.68. The molecule has 0 spiro atoms. The largest absolute Gasteiger partial charge is 0.388 e. The third kappa shape index (κ3) is 13.7. The van der Waals surface area contributed by atoms with Crippen LogP contribution in [0.15, 0.2) is 0 Å². The van der Waals surface area contributed by atoms with Crippen molar-refractivity contribution in [2.45, 2.75) is 164 Å². The smallest absolute Gasteiger partial charge is 0.176 e. The lowest BCUT2D eigenvalue weighted by Gasteiger charge is -2.42. The van der Waals surface area contributed by atoms with Gasteiger partial charge in [-0.3, -0.25) is 0 Å². The summed E-state index contributed by atoms with van der Waals surface area (Å²) in [4.78, 5) is 0. The Morgan fingerprint density at radius 2 is 1.02 bits per heavy atom. The maximum absolute atomic E-state index is 10.4. The molecule has 2 rings (SSSR count). The number of rotatable bonds is 24. The van der Waals surface area contributed by atoms with Gasteiger partial charge in [0.1, 0.15) is 42.7 Å². The van der Waals surface area contributed by atoms with Gasteiger partial charge in [0, 0.05) is 19.7 Å². The number of ether oxygens (including phenoxy) is 5. The molecule has 2 fully saturated rings. The standard InChI is InChI=1S/C31H64N4O9/c1-2-3-4-5-6-7-8-9-10-11-12-13-14-15-16-40-19-21(42-31-25(35)29(39)27(37)23(18-33)44-31)20-41-30-24(34)28(38)26(36)22(17-32)43-30/h21-31,36-39H,2-20,32-35H2,1H3/t21?,22?,23?,24?,25?,26-,27-,28-,29-,30-,31-/m1/s1. The first-order valence-electron chi connectivity index (χ1n) is 17.0. The van der Waals surface area contributed by atoms with Crippen LogP contribution in [0.5, 0.6) is 0 Å². The Morgan fingerprint density at radius 3 is 1.50 bits per heavy atom. The summed E-state index contributed by atoms with van der Waals surface area (Å²) in [7, 11) is 0. The lowest BCUT2D eigenvalue weighted by atomic mass is 9.97. The summed E-state index contributed by atoms with van der Waals surface area (Å²) in [6.45, 7) is 2.78. The lowest BCUT2D eigenvalue weighted by Crippen LogP contribution is -2.64. The van der Waals surface area contributed by atoms with Crippen molar-refractivity contribution >= 4 is 0 Å². The molecule has 0 aromatic heterocycles. The highest BCUT2D eigenvalue weighted by Crippen LogP contribution is 2.24. The quantitative estimate of drug-likeness (QED) is 0.0669. The SMILES string of the molecule is CCCCCCCCCCCCCCCCOCC(CO[C@@H]1OC(CN)[C@@H](O)[C@H](O)C1N)O[C@@H]1OC(CN)[C@@H](O)[C@H](O)C1N. The van der Waals surface area contributed by atoms with Gasteiger partial charge < -0.3 is 67.0 Å². The van der Waals surface area contributed by atoms with Crippen molar-refractivity contribution in [3.05, 3.63) is 0 Å². The van der Waals surface area contributed by atoms with E-state index in [4.69, 9.17) is 46.6 Å². The van der Waals surface area contributed by atoms with Gasteiger partial charge in [-0.15, -0.1) is 0 Å². The number of aliphatic hydroxyl groups excluding tert-OH is 4. The van der Waals surface area contributed by atoms with Crippen molar-refractivity contribution in [2.75, 3.05) is 32.9 Å². The molecule has 2 aliphatic heterocycles. The van der Waals surface area contributed by atoms with Crippen molar-refractivity contribution in [3.8, 4) is 0 Å². The minimum Gasteiger partial charge on any atom is -0.388 e. The first kappa shape index (κ1) is 39.7. The highest BCUT2D eigenvalue weighted by molar-refractivity contribution is 4.93. The Morgan fingerprint density at radius 1 is 0.591 bits per heavy atom. The Balaban J connectivity index is 1.73. The van der Waals surface area contributed by atoms with Gasteiger partial charge in [-0.2, -0.15) is 0 Å². The molecule has 44 heavy (non-hydrogen) atoms. The van der Waals surface area contributed by atoms with E-state index in [0.717, 1.165) is 12.8 Å². The van der Waals surface area contributed by atoms with Gasteiger partial charge in [-0.1, -0.05) is 90.4 Å². The van der Waals surface area contributed by atoms with Crippen LogP contribution in [-0.4, -0.2) is 121 Å². The van der Waals surface area contributed by atoms with Crippen molar-refractivity contribution in [1.29, 1.82) is 0 Å². The summed E-state index contributed by atoms with van der Waals surface area (Å²) in [5, 5.41) is 41.0. The summed E-state index contributed by atoms with van der Waals surface area (Å²) in [5.74, 6) is 0. The fraction of sp³-hybridized carbons (Fsp3) is 1.00. The van der Waals surface area contributed by atoms with Gasteiger partial charge >= 0.3 is 0 Å². The number of hydrogen-bond acceptors (Lipinski definition) is 13. The predicted molar refractivity (Wildman–Crippen MR) is 167 cm³/mol. The molecule has 5 unspecified atom stereocenters. The molecule has 2 aliphatic rings. The van der Waals surface area contributed by atoms with Crippen LogP contribution in [0.2, 0.25) is 0 Å². The second kappa shape index (κ2) is 22.9. The average molecular weight is 637 g/mol. The maximum Gasteiger partial charge on any atom is 0.176 e. The molecule has 0 amide bonds. The average Bonchev–Trinajstić information content (AvgIpc) is 3.02. The minimum atomic E-state index is -1.29. The first-order valence-corrected chi connectivity index (χ1v) is 17.0. The minimum absolute atomic E-state index is 0.0293. The highest BCUT2D eigenvalue weighted by atomic mass is 16.7. The molecule has 0 saturated carbocycles. The molecular formula is C31H64N4O9. The summed E-state index contributed by atoms with van der Waals surface area (Å²) in [5.41, 5.74) is 23.5. The second-order valence-electron chi connectivity index (χ2n) is 12.4. The fourth-order valence-corrected chi connectivity index (χ4v) is 5.70. The van der Waals surface area contributed by atoms with Gasteiger partial charge in [-0.05, 0) is 6.42 Å². The van der Waals surface area contributed by atoms with Crippen LogP contribution in [0.4, 0.5) is 0 Å². The molecular weight excluding hydrogens is 572 g/mol. The van der Waals surface area contributed by atoms with Crippen LogP contribution in [0.1, 0.15) is 96.8 Å². The van der Waals surface area contributed by atoms with Gasteiger partial charge in [0.2, 0.25) is 0 Å². The van der Waals surface area contributed by atoms with E-state index in [2.05, 4.69) is 6.92 Å². The predicted octanol–water partition coefficient (Wildman–Crippen LogP) is 0.352. The molecule has 0 radical (unpaired) electrons. The van der Waals surface area contributed by atoms with E-state index in [1.807, 2.05) is 0 Å². The number of nitrogens with two attached hydrogens (primary N) is 4. The number of hydrogen-bond donors (Lipinski definition) is 8. The van der Waals surface area contributed by atoms with Crippen LogP contribution in [0.3, 0.4) is 0 Å². The van der Waals surface area contributed by atoms with E-state index in [9.17, 15) is 20.4 Å². The van der Waals surface area contributed by atoms with Crippen molar-refractivity contribution in [3.63, 3.8) is 0 Å². The molecule has 0 bridgehead atoms. The van der Waals surface area contributed by atoms with E-state index in [-0.39, 0.29) is 26.3 Å². The molecule has 2 heterocycles. The molecule has 0 aromatic rings. The molecule has 262 valence electrons. The lowest BCUT2D eigenvalue weighted by molar-refractivity contribution is -0.294. The second-order valence-corrected chi connectivity index (χ2v) is 12.4. The van der Waals surface area contributed by atoms with E-state index >= 15 is 0 Å². The molecule has 11 atom stereocenters. The molecule has 13 heteroatoms. The van der Waals surface area contributed by atoms with Crippen LogP contribution in [0.25, 0.3) is 0 Å². The van der Waals surface area contributed by atoms with E-state index in [0.29, 0.717) is 6.61 Å². The Hall–Kier alpha value is -0.520. The zero-order valence-corrected chi connectivity index (χ0v) is 26.9. The fourth-order valence-electron chi connectivity index (χ4n) is 5.70. The van der Waals surface area contributed by atoms with Crippen LogP contribution in [-0.2, 0) is 23.7 Å². The van der Waals surface area contributed by atoms with Gasteiger partial charge in [-0.25, -0.2) is 0 Å². The van der Waals surface area contributed by atoms with Crippen molar-refractivity contribution in [2.24, 2.45) is 22.9 Å². The molecule has 0 aliphatic carbocycles. The molecule has 0 aromatic carbocycles. The number of unbranched alkanes of at least 4 members (excludes halogenated alkanes) is 13. The summed E-state index contributed by atoms with van der Waals surface area (Å²) in [6, 6.07) is -2.05. The van der Waals surface area contributed by atoms with Gasteiger partial charge in [0.05, 0.1) is 25.3 Å². The topological polar surface area (TPSA) is 231 Å². The molecule has 2 saturated heterocycles. The van der Waals surface area contributed by atoms with Crippen LogP contribution >= 0.6 is 0 Å². The maximum atomic E-state index is 10.4. The zero-order valence-electron chi connectivity index (χ0n) is 26.9. The Labute approximate surface area is 264 Å². The zero-order chi connectivity index (χ0) is 32.3. The van der Waals surface area contributed by atoms with Gasteiger partial charge in [0.25, 0.3) is 0 Å². The first-order chi connectivity index (χ1) is 21.2. The van der Waals surface area contributed by atoms with E-state index in [1.165, 1.54) is 77.0 Å².